The van der Waals surface area contributed by atoms with Crippen LogP contribution in [-0.2, 0) is 4.74 Å². The average molecular weight is 280 g/mol. The Bertz CT molecular complexity index is 342. The van der Waals surface area contributed by atoms with Crippen molar-refractivity contribution in [1.82, 2.24) is 10.2 Å². The second-order valence-corrected chi connectivity index (χ2v) is 4.92. The predicted molar refractivity (Wildman–Crippen MR) is 82.9 cm³/mol. The third-order valence-corrected chi connectivity index (χ3v) is 3.51. The van der Waals surface area contributed by atoms with Crippen molar-refractivity contribution in [2.45, 2.75) is 26.0 Å². The van der Waals surface area contributed by atoms with Crippen LogP contribution in [0.25, 0.3) is 0 Å². The number of benzene rings is 1. The first-order valence-electron chi connectivity index (χ1n) is 7.39. The molecule has 0 aliphatic rings. The van der Waals surface area contributed by atoms with Crippen LogP contribution in [0.5, 0.6) is 0 Å². The van der Waals surface area contributed by atoms with Crippen LogP contribution in [0.1, 0.15) is 25.5 Å². The molecule has 114 valence electrons. The number of likely N-dealkylation sites (N-methyl/N-ethyl adjacent to an activating group) is 1. The number of hydrogen-bond acceptors (Lipinski definition) is 4. The molecule has 4 heteroatoms. The van der Waals surface area contributed by atoms with E-state index in [-0.39, 0.29) is 0 Å². The van der Waals surface area contributed by atoms with Crippen LogP contribution in [0.4, 0.5) is 0 Å². The van der Waals surface area contributed by atoms with E-state index in [2.05, 4.69) is 48.3 Å². The van der Waals surface area contributed by atoms with Gasteiger partial charge in [0.15, 0.2) is 0 Å². The van der Waals surface area contributed by atoms with Crippen LogP contribution < -0.4 is 5.32 Å². The normalized spacial score (nSPS) is 14.4. The van der Waals surface area contributed by atoms with Crippen molar-refractivity contribution in [3.8, 4) is 0 Å². The Balaban J connectivity index is 2.60. The Hall–Kier alpha value is -0.940. The summed E-state index contributed by atoms with van der Waals surface area (Å²) in [4.78, 5) is 2.42. The molecular formula is C16H28N2O2. The molecule has 20 heavy (non-hydrogen) atoms. The summed E-state index contributed by atoms with van der Waals surface area (Å²) in [6, 6.07) is 10.9. The average Bonchev–Trinajstić information content (AvgIpc) is 2.48. The first-order chi connectivity index (χ1) is 9.72. The van der Waals surface area contributed by atoms with E-state index in [9.17, 15) is 5.11 Å². The lowest BCUT2D eigenvalue weighted by atomic mass is 10.1. The van der Waals surface area contributed by atoms with E-state index in [1.165, 1.54) is 5.56 Å². The fourth-order valence-electron chi connectivity index (χ4n) is 2.44. The molecule has 0 aliphatic carbocycles. The Morgan fingerprint density at radius 3 is 2.35 bits per heavy atom. The molecule has 2 unspecified atom stereocenters. The fraction of sp³-hybridized carbons (Fsp3) is 0.625. The van der Waals surface area contributed by atoms with Crippen molar-refractivity contribution in [1.29, 1.82) is 0 Å². The smallest absolute Gasteiger partial charge is 0.0897 e. The summed E-state index contributed by atoms with van der Waals surface area (Å²) in [6.45, 7) is 8.13. The summed E-state index contributed by atoms with van der Waals surface area (Å²) >= 11 is 0. The van der Waals surface area contributed by atoms with Gasteiger partial charge in [-0.1, -0.05) is 44.2 Å². The lowest BCUT2D eigenvalue weighted by molar-refractivity contribution is 0.0630. The third-order valence-electron chi connectivity index (χ3n) is 3.51. The van der Waals surface area contributed by atoms with Crippen molar-refractivity contribution >= 4 is 0 Å². The molecule has 0 spiro atoms. The zero-order valence-corrected chi connectivity index (χ0v) is 12.9. The number of methoxy groups -OCH3 is 1. The van der Waals surface area contributed by atoms with Crippen molar-refractivity contribution in [2.24, 2.45) is 0 Å². The number of aliphatic hydroxyl groups is 1. The third kappa shape index (κ3) is 5.59. The van der Waals surface area contributed by atoms with Gasteiger partial charge in [-0.3, -0.25) is 4.90 Å². The molecule has 1 aromatic carbocycles. The summed E-state index contributed by atoms with van der Waals surface area (Å²) in [7, 11) is 1.60. The lowest BCUT2D eigenvalue weighted by Crippen LogP contribution is -2.39. The van der Waals surface area contributed by atoms with Crippen LogP contribution >= 0.6 is 0 Å². The molecule has 0 amide bonds. The van der Waals surface area contributed by atoms with E-state index in [1.807, 2.05) is 6.07 Å². The molecule has 0 bridgehead atoms. The van der Waals surface area contributed by atoms with Crippen LogP contribution in [0.3, 0.4) is 0 Å². The second-order valence-electron chi connectivity index (χ2n) is 4.92. The first kappa shape index (κ1) is 17.1. The highest BCUT2D eigenvalue weighted by Gasteiger charge is 2.17. The van der Waals surface area contributed by atoms with E-state index in [0.717, 1.165) is 19.6 Å². The van der Waals surface area contributed by atoms with Crippen LogP contribution in [0.15, 0.2) is 30.3 Å². The maximum atomic E-state index is 9.68. The molecule has 1 aromatic rings. The standard InChI is InChI=1S/C16H28N2O2/c1-4-18(5-2)16(14-9-7-6-8-10-14)12-17-11-15(19)13-20-3/h6-10,15-17,19H,4-5,11-13H2,1-3H3. The molecule has 0 saturated carbocycles. The van der Waals surface area contributed by atoms with Gasteiger partial charge in [0.2, 0.25) is 0 Å². The van der Waals surface area contributed by atoms with Gasteiger partial charge in [0, 0.05) is 26.2 Å². The van der Waals surface area contributed by atoms with Gasteiger partial charge in [0.25, 0.3) is 0 Å². The minimum atomic E-state index is -0.451. The van der Waals surface area contributed by atoms with Gasteiger partial charge < -0.3 is 15.2 Å². The number of hydrogen-bond donors (Lipinski definition) is 2. The van der Waals surface area contributed by atoms with E-state index in [0.29, 0.717) is 19.2 Å². The molecule has 0 aliphatic heterocycles. The molecule has 4 nitrogen and oxygen atoms in total. The molecule has 2 atom stereocenters. The summed E-state index contributed by atoms with van der Waals surface area (Å²) in [5.41, 5.74) is 1.31. The summed E-state index contributed by atoms with van der Waals surface area (Å²) in [5.74, 6) is 0. The summed E-state index contributed by atoms with van der Waals surface area (Å²) in [5, 5.41) is 13.0. The lowest BCUT2D eigenvalue weighted by Gasteiger charge is -2.30. The maximum absolute atomic E-state index is 9.68. The van der Waals surface area contributed by atoms with E-state index >= 15 is 0 Å². The molecule has 0 fully saturated rings. The van der Waals surface area contributed by atoms with Crippen LogP contribution in [0.2, 0.25) is 0 Å². The van der Waals surface area contributed by atoms with Crippen molar-refractivity contribution in [3.05, 3.63) is 35.9 Å². The number of ether oxygens (including phenoxy) is 1. The quantitative estimate of drug-likeness (QED) is 0.684. The molecule has 0 radical (unpaired) electrons. The Labute approximate surface area is 122 Å². The maximum Gasteiger partial charge on any atom is 0.0897 e. The van der Waals surface area contributed by atoms with Gasteiger partial charge in [0.05, 0.1) is 12.7 Å². The number of aliphatic hydroxyl groups excluding tert-OH is 1. The van der Waals surface area contributed by atoms with Crippen LogP contribution in [-0.4, -0.2) is 56.0 Å². The zero-order chi connectivity index (χ0) is 14.8. The van der Waals surface area contributed by atoms with Crippen molar-refractivity contribution < 1.29 is 9.84 Å². The topological polar surface area (TPSA) is 44.7 Å². The molecular weight excluding hydrogens is 252 g/mol. The highest BCUT2D eigenvalue weighted by atomic mass is 16.5. The largest absolute Gasteiger partial charge is 0.389 e. The molecule has 0 saturated heterocycles. The van der Waals surface area contributed by atoms with Gasteiger partial charge in [-0.2, -0.15) is 0 Å². The first-order valence-corrected chi connectivity index (χ1v) is 7.39. The Morgan fingerprint density at radius 2 is 1.80 bits per heavy atom. The molecule has 0 heterocycles. The van der Waals surface area contributed by atoms with E-state index < -0.39 is 6.10 Å². The van der Waals surface area contributed by atoms with Gasteiger partial charge in [-0.15, -0.1) is 0 Å². The number of nitrogens with one attached hydrogen (secondary N) is 1. The Morgan fingerprint density at radius 1 is 1.15 bits per heavy atom. The minimum Gasteiger partial charge on any atom is -0.389 e. The monoisotopic (exact) mass is 280 g/mol. The highest BCUT2D eigenvalue weighted by molar-refractivity contribution is 5.19. The van der Waals surface area contributed by atoms with Gasteiger partial charge in [0.1, 0.15) is 0 Å². The number of nitrogens with zero attached hydrogens (tertiary/aromatic N) is 1. The fourth-order valence-corrected chi connectivity index (χ4v) is 2.44. The Kier molecular flexibility index (Phi) is 8.46. The van der Waals surface area contributed by atoms with Crippen molar-refractivity contribution in [2.75, 3.05) is 39.9 Å². The molecule has 2 N–H and O–H groups in total. The van der Waals surface area contributed by atoms with E-state index in [4.69, 9.17) is 4.74 Å². The zero-order valence-electron chi connectivity index (χ0n) is 12.9. The van der Waals surface area contributed by atoms with Gasteiger partial charge in [-0.25, -0.2) is 0 Å². The number of rotatable bonds is 10. The highest BCUT2D eigenvalue weighted by Crippen LogP contribution is 2.19. The summed E-state index contributed by atoms with van der Waals surface area (Å²) < 4.78 is 4.94. The van der Waals surface area contributed by atoms with Gasteiger partial charge in [-0.05, 0) is 18.7 Å². The van der Waals surface area contributed by atoms with Crippen molar-refractivity contribution in [3.63, 3.8) is 0 Å². The minimum absolute atomic E-state index is 0.334. The molecule has 1 rings (SSSR count). The second kappa shape index (κ2) is 9.88. The van der Waals surface area contributed by atoms with E-state index in [1.54, 1.807) is 7.11 Å². The molecule has 0 aromatic heterocycles. The van der Waals surface area contributed by atoms with Crippen LogP contribution in [0, 0.1) is 0 Å². The van der Waals surface area contributed by atoms with Gasteiger partial charge >= 0.3 is 0 Å². The summed E-state index contributed by atoms with van der Waals surface area (Å²) in [6.07, 6.45) is -0.451. The predicted octanol–water partition coefficient (Wildman–Crippen LogP) is 1.67. The SMILES string of the molecule is CCN(CC)C(CNCC(O)COC)c1ccccc1.